The Balaban J connectivity index is 3.68. The van der Waals surface area contributed by atoms with Crippen LogP contribution in [0.25, 0.3) is 0 Å². The van der Waals surface area contributed by atoms with Crippen LogP contribution in [0.3, 0.4) is 0 Å². The number of rotatable bonds is 8. The second-order valence-electron chi connectivity index (χ2n) is 4.46. The molecule has 0 N–H and O–H groups in total. The maximum atomic E-state index is 11.6. The van der Waals surface area contributed by atoms with E-state index >= 15 is 0 Å². The van der Waals surface area contributed by atoms with Gasteiger partial charge in [0.1, 0.15) is 0 Å². The monoisotopic (exact) mass is 328 g/mol. The van der Waals surface area contributed by atoms with Gasteiger partial charge in [-0.3, -0.25) is 0 Å². The van der Waals surface area contributed by atoms with E-state index in [9.17, 15) is 4.79 Å². The Labute approximate surface area is 107 Å². The third kappa shape index (κ3) is 7.46. The molecular weight excluding hydrogens is 309 g/mol. The van der Waals surface area contributed by atoms with Crippen LogP contribution in [-0.4, -0.2) is 12.6 Å². The molecule has 0 aromatic heterocycles. The van der Waals surface area contributed by atoms with Crippen molar-refractivity contribution >= 4 is 19.6 Å². The maximum absolute atomic E-state index is 11.6. The van der Waals surface area contributed by atoms with Crippen LogP contribution in [0.2, 0.25) is 5.02 Å². The number of esters is 1. The summed E-state index contributed by atoms with van der Waals surface area (Å²) in [5.74, 6) is -0.0526. The van der Waals surface area contributed by atoms with Crippen molar-refractivity contribution in [1.29, 1.82) is 0 Å². The first-order valence-electron chi connectivity index (χ1n) is 5.77. The van der Waals surface area contributed by atoms with Crippen LogP contribution < -0.4 is 0 Å². The van der Waals surface area contributed by atoms with Gasteiger partial charge in [-0.15, -0.1) is 0 Å². The Morgan fingerprint density at radius 3 is 2.53 bits per heavy atom. The SMILES string of the molecule is CCOC(=O)C(C)(C)CCCC[CH2][Zn][Br]. The minimum atomic E-state index is -0.311. The molecule has 4 heteroatoms. The molecule has 0 fully saturated rings. The molecule has 15 heavy (non-hydrogen) atoms. The summed E-state index contributed by atoms with van der Waals surface area (Å²) in [7, 11) is 0. The van der Waals surface area contributed by atoms with Crippen molar-refractivity contribution in [3.63, 3.8) is 0 Å². The standard InChI is InChI=1S/C11H21O2.BrH.Zn/c1-5-7-8-9-11(3,4)10(12)13-6-2;;/h1,5-9H2,2-4H3;1H;/q;;+1/p-1. The molecule has 0 aliphatic rings. The van der Waals surface area contributed by atoms with Crippen molar-refractivity contribution in [2.75, 3.05) is 6.61 Å². The zero-order valence-corrected chi connectivity index (χ0v) is 14.7. The van der Waals surface area contributed by atoms with E-state index < -0.39 is 0 Å². The van der Waals surface area contributed by atoms with Gasteiger partial charge < -0.3 is 0 Å². The van der Waals surface area contributed by atoms with Crippen LogP contribution in [0.15, 0.2) is 0 Å². The van der Waals surface area contributed by atoms with Gasteiger partial charge in [0.05, 0.1) is 0 Å². The topological polar surface area (TPSA) is 26.3 Å². The normalized spacial score (nSPS) is 10.9. The van der Waals surface area contributed by atoms with E-state index in [1.807, 2.05) is 20.8 Å². The van der Waals surface area contributed by atoms with E-state index in [1.54, 1.807) is 0 Å². The summed E-state index contributed by atoms with van der Waals surface area (Å²) in [5.41, 5.74) is -0.300. The summed E-state index contributed by atoms with van der Waals surface area (Å²) < 4.78 is 5.05. The molecule has 0 saturated carbocycles. The number of halogens is 1. The summed E-state index contributed by atoms with van der Waals surface area (Å²) in [4.78, 5) is 11.6. The number of carbonyl (C=O) groups excluding carboxylic acids is 1. The molecule has 0 spiro atoms. The zero-order chi connectivity index (χ0) is 11.7. The third-order valence-electron chi connectivity index (χ3n) is 2.51. The van der Waals surface area contributed by atoms with Crippen LogP contribution >= 0.6 is 13.6 Å². The van der Waals surface area contributed by atoms with Crippen LogP contribution in [0.4, 0.5) is 0 Å². The van der Waals surface area contributed by atoms with Gasteiger partial charge in [0.15, 0.2) is 0 Å². The fourth-order valence-corrected chi connectivity index (χ4v) is 4.64. The summed E-state index contributed by atoms with van der Waals surface area (Å²) in [5, 5.41) is 1.41. The molecule has 0 aromatic rings. The van der Waals surface area contributed by atoms with E-state index in [2.05, 4.69) is 13.6 Å². The summed E-state index contributed by atoms with van der Waals surface area (Å²) in [6.07, 6.45) is 4.66. The summed E-state index contributed by atoms with van der Waals surface area (Å²) in [6, 6.07) is 0. The molecule has 0 radical (unpaired) electrons. The molecule has 0 heterocycles. The van der Waals surface area contributed by atoms with E-state index in [-0.39, 0.29) is 26.6 Å². The molecule has 0 atom stereocenters. The van der Waals surface area contributed by atoms with Crippen molar-refractivity contribution in [2.45, 2.75) is 51.5 Å². The van der Waals surface area contributed by atoms with Gasteiger partial charge >= 0.3 is 108 Å². The van der Waals surface area contributed by atoms with Gasteiger partial charge in [-0.2, -0.15) is 0 Å². The molecule has 0 saturated heterocycles. The predicted octanol–water partition coefficient (Wildman–Crippen LogP) is 3.95. The Kier molecular flexibility index (Phi) is 9.03. The van der Waals surface area contributed by atoms with Gasteiger partial charge in [-0.1, -0.05) is 0 Å². The Morgan fingerprint density at radius 1 is 1.33 bits per heavy atom. The fraction of sp³-hybridized carbons (Fsp3) is 0.909. The third-order valence-corrected chi connectivity index (χ3v) is 7.04. The van der Waals surface area contributed by atoms with Crippen molar-refractivity contribution in [3.8, 4) is 0 Å². The molecule has 0 aromatic carbocycles. The van der Waals surface area contributed by atoms with Crippen molar-refractivity contribution in [1.82, 2.24) is 0 Å². The van der Waals surface area contributed by atoms with Gasteiger partial charge in [0.25, 0.3) is 0 Å². The fourth-order valence-electron chi connectivity index (χ4n) is 1.44. The van der Waals surface area contributed by atoms with Crippen molar-refractivity contribution < 1.29 is 24.7 Å². The van der Waals surface area contributed by atoms with Crippen LogP contribution in [0.5, 0.6) is 0 Å². The van der Waals surface area contributed by atoms with E-state index in [4.69, 9.17) is 4.74 Å². The average Bonchev–Trinajstić information content (AvgIpc) is 2.18. The molecule has 0 aliphatic heterocycles. The van der Waals surface area contributed by atoms with E-state index in [0.29, 0.717) is 6.61 Å². The molecule has 86 valence electrons. The molecule has 0 rings (SSSR count). The summed E-state index contributed by atoms with van der Waals surface area (Å²) >= 11 is 3.29. The molecule has 0 aliphatic carbocycles. The molecule has 2 nitrogen and oxygen atoms in total. The van der Waals surface area contributed by atoms with E-state index in [0.717, 1.165) is 12.8 Å². The van der Waals surface area contributed by atoms with Crippen molar-refractivity contribution in [2.24, 2.45) is 5.41 Å². The Bertz CT molecular complexity index is 183. The molecular formula is C11H21BrO2Zn. The molecule has 0 unspecified atom stereocenters. The zero-order valence-electron chi connectivity index (χ0n) is 10.1. The predicted molar refractivity (Wildman–Crippen MR) is 62.6 cm³/mol. The summed E-state index contributed by atoms with van der Waals surface area (Å²) in [6.45, 7) is 6.30. The van der Waals surface area contributed by atoms with Gasteiger partial charge in [0.2, 0.25) is 0 Å². The van der Waals surface area contributed by atoms with Crippen LogP contribution in [0, 0.1) is 5.41 Å². The minimum absolute atomic E-state index is 0.0526. The number of ether oxygens (including phenoxy) is 1. The van der Waals surface area contributed by atoms with Gasteiger partial charge in [0, 0.05) is 0 Å². The number of carbonyl (C=O) groups is 1. The Morgan fingerprint density at radius 2 is 2.00 bits per heavy atom. The number of hydrogen-bond donors (Lipinski definition) is 0. The first-order valence-corrected chi connectivity index (χ1v) is 14.8. The first kappa shape index (κ1) is 15.6. The number of hydrogen-bond acceptors (Lipinski definition) is 2. The second-order valence-corrected chi connectivity index (χ2v) is 10.9. The van der Waals surface area contributed by atoms with Crippen molar-refractivity contribution in [3.05, 3.63) is 0 Å². The van der Waals surface area contributed by atoms with Crippen LogP contribution in [-0.2, 0) is 24.7 Å². The molecule has 0 amide bonds. The average molecular weight is 331 g/mol. The molecule has 0 bridgehead atoms. The number of unbranched alkanes of at least 4 members (excludes halogenated alkanes) is 2. The van der Waals surface area contributed by atoms with Gasteiger partial charge in [-0.25, -0.2) is 0 Å². The van der Waals surface area contributed by atoms with Gasteiger partial charge in [-0.05, 0) is 0 Å². The van der Waals surface area contributed by atoms with Crippen LogP contribution in [0.1, 0.15) is 46.5 Å². The first-order chi connectivity index (χ1) is 7.04. The second kappa shape index (κ2) is 8.69. The van der Waals surface area contributed by atoms with E-state index in [1.165, 1.54) is 17.9 Å². The Hall–Kier alpha value is 0.573. The quantitative estimate of drug-likeness (QED) is 0.383.